The first kappa shape index (κ1) is 15.7. The van der Waals surface area contributed by atoms with Gasteiger partial charge in [-0.15, -0.1) is 0 Å². The van der Waals surface area contributed by atoms with Crippen molar-refractivity contribution < 1.29 is 14.7 Å². The van der Waals surface area contributed by atoms with Crippen LogP contribution in [0.4, 0.5) is 10.7 Å². The molecule has 124 valence electrons. The fourth-order valence-corrected chi connectivity index (χ4v) is 2.32. The Hall–Kier alpha value is -3.23. The molecule has 3 heterocycles. The third-order valence-corrected chi connectivity index (χ3v) is 3.53. The predicted octanol–water partition coefficient (Wildman–Crippen LogP) is 0.674. The molecule has 24 heavy (non-hydrogen) atoms. The quantitative estimate of drug-likeness (QED) is 0.713. The Morgan fingerprint density at radius 3 is 2.88 bits per heavy atom. The number of carboxylic acids is 1. The first-order valence-corrected chi connectivity index (χ1v) is 7.43. The van der Waals surface area contributed by atoms with Crippen LogP contribution in [0.2, 0.25) is 0 Å². The monoisotopic (exact) mass is 328 g/mol. The largest absolute Gasteiger partial charge is 0.478 e. The Morgan fingerprint density at radius 1 is 1.29 bits per heavy atom. The molecule has 3 rings (SSSR count). The Kier molecular flexibility index (Phi) is 4.50. The molecule has 0 saturated carbocycles. The molecule has 0 aromatic carbocycles. The molecule has 1 saturated heterocycles. The van der Waals surface area contributed by atoms with Gasteiger partial charge in [0.05, 0.1) is 17.0 Å². The number of nitrogens with zero attached hydrogens (tertiary/aromatic N) is 4. The van der Waals surface area contributed by atoms with Crippen molar-refractivity contribution in [3.63, 3.8) is 0 Å². The summed E-state index contributed by atoms with van der Waals surface area (Å²) < 4.78 is 0. The van der Waals surface area contributed by atoms with Crippen LogP contribution in [0.3, 0.4) is 0 Å². The van der Waals surface area contributed by atoms with Gasteiger partial charge in [0, 0.05) is 38.6 Å². The van der Waals surface area contributed by atoms with Crippen LogP contribution in [-0.4, -0.2) is 63.1 Å². The van der Waals surface area contributed by atoms with Gasteiger partial charge < -0.3 is 20.6 Å². The number of rotatable bonds is 6. The van der Waals surface area contributed by atoms with Crippen LogP contribution in [0.1, 0.15) is 10.4 Å². The lowest BCUT2D eigenvalue weighted by Gasteiger charge is -2.14. The average molecular weight is 328 g/mol. The van der Waals surface area contributed by atoms with E-state index < -0.39 is 5.97 Å². The molecular formula is C15H16N6O3. The van der Waals surface area contributed by atoms with Crippen molar-refractivity contribution in [2.24, 2.45) is 0 Å². The van der Waals surface area contributed by atoms with Gasteiger partial charge in [-0.3, -0.25) is 4.98 Å². The maximum atomic E-state index is 11.4. The van der Waals surface area contributed by atoms with E-state index in [-0.39, 0.29) is 11.6 Å². The van der Waals surface area contributed by atoms with Gasteiger partial charge in [-0.1, -0.05) is 0 Å². The van der Waals surface area contributed by atoms with Crippen molar-refractivity contribution in [1.29, 1.82) is 0 Å². The minimum atomic E-state index is -1.02. The average Bonchev–Trinajstić information content (AvgIpc) is 3.00. The molecule has 0 spiro atoms. The summed E-state index contributed by atoms with van der Waals surface area (Å²) in [5.41, 5.74) is 1.13. The van der Waals surface area contributed by atoms with E-state index in [0.717, 1.165) is 0 Å². The van der Waals surface area contributed by atoms with E-state index in [9.17, 15) is 9.59 Å². The van der Waals surface area contributed by atoms with E-state index in [2.05, 4.69) is 25.6 Å². The Balaban J connectivity index is 1.66. The molecule has 1 fully saturated rings. The summed E-state index contributed by atoms with van der Waals surface area (Å²) in [4.78, 5) is 36.8. The summed E-state index contributed by atoms with van der Waals surface area (Å²) in [5.74, 6) is -0.621. The number of nitrogens with one attached hydrogen (secondary N) is 2. The van der Waals surface area contributed by atoms with E-state index in [4.69, 9.17) is 5.11 Å². The van der Waals surface area contributed by atoms with E-state index >= 15 is 0 Å². The van der Waals surface area contributed by atoms with Crippen LogP contribution in [-0.2, 0) is 0 Å². The number of pyridine rings is 1. The standard InChI is InChI=1S/C15H16N6O3/c22-13(23)10-1-3-16-12(9-10)11-2-4-17-14(20-11)18-5-7-21-8-6-19-15(21)24/h1-4,9H,5-8H2,(H,19,24)(H,22,23)(H,17,18,20). The molecule has 0 aliphatic carbocycles. The number of urea groups is 1. The van der Waals surface area contributed by atoms with Gasteiger partial charge in [-0.05, 0) is 18.2 Å². The predicted molar refractivity (Wildman–Crippen MR) is 85.7 cm³/mol. The molecule has 0 radical (unpaired) electrons. The number of carboxylic acid groups (broad SMARTS) is 1. The van der Waals surface area contributed by atoms with Crippen LogP contribution >= 0.6 is 0 Å². The number of carbonyl (C=O) groups excluding carboxylic acids is 1. The van der Waals surface area contributed by atoms with Crippen molar-refractivity contribution >= 4 is 17.9 Å². The van der Waals surface area contributed by atoms with E-state index in [0.29, 0.717) is 43.5 Å². The lowest BCUT2D eigenvalue weighted by molar-refractivity contribution is 0.0696. The van der Waals surface area contributed by atoms with Crippen molar-refractivity contribution in [3.8, 4) is 11.4 Å². The number of carbonyl (C=O) groups is 2. The number of hydrogen-bond acceptors (Lipinski definition) is 6. The van der Waals surface area contributed by atoms with Crippen LogP contribution < -0.4 is 10.6 Å². The number of aromatic carboxylic acids is 1. The summed E-state index contributed by atoms with van der Waals surface area (Å²) in [7, 11) is 0. The molecule has 3 N–H and O–H groups in total. The summed E-state index contributed by atoms with van der Waals surface area (Å²) in [6.45, 7) is 2.41. The summed E-state index contributed by atoms with van der Waals surface area (Å²) in [5, 5.41) is 14.8. The fraction of sp³-hybridized carbons (Fsp3) is 0.267. The number of anilines is 1. The second kappa shape index (κ2) is 6.90. The molecule has 1 aliphatic rings. The minimum Gasteiger partial charge on any atom is -0.478 e. The van der Waals surface area contributed by atoms with Crippen molar-refractivity contribution in [1.82, 2.24) is 25.2 Å². The minimum absolute atomic E-state index is 0.0684. The molecule has 0 unspecified atom stereocenters. The number of hydrogen-bond donors (Lipinski definition) is 3. The van der Waals surface area contributed by atoms with Crippen molar-refractivity contribution in [2.45, 2.75) is 0 Å². The molecular weight excluding hydrogens is 312 g/mol. The van der Waals surface area contributed by atoms with Crippen molar-refractivity contribution in [3.05, 3.63) is 36.2 Å². The van der Waals surface area contributed by atoms with Crippen LogP contribution in [0.5, 0.6) is 0 Å². The van der Waals surface area contributed by atoms with Gasteiger partial charge in [0.15, 0.2) is 0 Å². The highest BCUT2D eigenvalue weighted by atomic mass is 16.4. The van der Waals surface area contributed by atoms with Crippen LogP contribution in [0.15, 0.2) is 30.6 Å². The Labute approximate surface area is 137 Å². The van der Waals surface area contributed by atoms with E-state index in [1.165, 1.54) is 18.3 Å². The van der Waals surface area contributed by atoms with Crippen molar-refractivity contribution in [2.75, 3.05) is 31.5 Å². The van der Waals surface area contributed by atoms with Gasteiger partial charge in [0.25, 0.3) is 0 Å². The molecule has 0 atom stereocenters. The molecule has 9 heteroatoms. The SMILES string of the molecule is O=C(O)c1ccnc(-c2ccnc(NCCN3CCNC3=O)n2)c1. The Morgan fingerprint density at radius 2 is 2.12 bits per heavy atom. The highest BCUT2D eigenvalue weighted by molar-refractivity contribution is 5.88. The summed E-state index contributed by atoms with van der Waals surface area (Å²) in [6, 6.07) is 4.48. The normalized spacial score (nSPS) is 13.7. The molecule has 1 aliphatic heterocycles. The zero-order valence-electron chi connectivity index (χ0n) is 12.8. The first-order chi connectivity index (χ1) is 11.6. The molecule has 2 aromatic rings. The topological polar surface area (TPSA) is 120 Å². The first-order valence-electron chi connectivity index (χ1n) is 7.43. The molecule has 2 aromatic heterocycles. The van der Waals surface area contributed by atoms with Gasteiger partial charge in [-0.2, -0.15) is 0 Å². The number of aromatic nitrogens is 3. The fourth-order valence-electron chi connectivity index (χ4n) is 2.32. The summed E-state index contributed by atoms with van der Waals surface area (Å²) >= 11 is 0. The van der Waals surface area contributed by atoms with Gasteiger partial charge in [0.2, 0.25) is 5.95 Å². The third-order valence-electron chi connectivity index (χ3n) is 3.53. The second-order valence-corrected chi connectivity index (χ2v) is 5.15. The highest BCUT2D eigenvalue weighted by Gasteiger charge is 2.18. The van der Waals surface area contributed by atoms with Gasteiger partial charge in [0.1, 0.15) is 0 Å². The third kappa shape index (κ3) is 3.57. The molecule has 0 bridgehead atoms. The maximum absolute atomic E-state index is 11.4. The second-order valence-electron chi connectivity index (χ2n) is 5.15. The zero-order valence-corrected chi connectivity index (χ0v) is 12.8. The Bertz CT molecular complexity index is 766. The molecule has 2 amide bonds. The lowest BCUT2D eigenvalue weighted by Crippen LogP contribution is -2.32. The highest BCUT2D eigenvalue weighted by Crippen LogP contribution is 2.16. The lowest BCUT2D eigenvalue weighted by atomic mass is 10.2. The van der Waals surface area contributed by atoms with Crippen LogP contribution in [0, 0.1) is 0 Å². The van der Waals surface area contributed by atoms with Gasteiger partial charge >= 0.3 is 12.0 Å². The van der Waals surface area contributed by atoms with Gasteiger partial charge in [-0.25, -0.2) is 19.6 Å². The smallest absolute Gasteiger partial charge is 0.335 e. The van der Waals surface area contributed by atoms with E-state index in [1.807, 2.05) is 0 Å². The maximum Gasteiger partial charge on any atom is 0.335 e. The van der Waals surface area contributed by atoms with Crippen LogP contribution in [0.25, 0.3) is 11.4 Å². The number of amides is 2. The summed E-state index contributed by atoms with van der Waals surface area (Å²) in [6.07, 6.45) is 3.00. The van der Waals surface area contributed by atoms with E-state index in [1.54, 1.807) is 17.2 Å². The molecule has 9 nitrogen and oxygen atoms in total. The zero-order chi connectivity index (χ0) is 16.9.